The number of para-hydroxylation sites is 1. The van der Waals surface area contributed by atoms with Gasteiger partial charge in [0.2, 0.25) is 5.91 Å². The molecule has 0 bridgehead atoms. The van der Waals surface area contributed by atoms with Crippen molar-refractivity contribution >= 4 is 5.91 Å². The Kier molecular flexibility index (Phi) is 5.48. The van der Waals surface area contributed by atoms with Gasteiger partial charge in [0, 0.05) is 12.6 Å². The van der Waals surface area contributed by atoms with Crippen LogP contribution in [0.3, 0.4) is 0 Å². The number of ether oxygens (including phenoxy) is 1. The van der Waals surface area contributed by atoms with Crippen molar-refractivity contribution in [1.82, 2.24) is 14.9 Å². The Morgan fingerprint density at radius 1 is 1.27 bits per heavy atom. The monoisotopic (exact) mass is 353 g/mol. The molecule has 0 fully saturated rings. The summed E-state index contributed by atoms with van der Waals surface area (Å²) in [7, 11) is 1.61. The molecule has 0 spiro atoms. The van der Waals surface area contributed by atoms with Crippen LogP contribution in [0.25, 0.3) is 11.5 Å². The molecule has 0 atom stereocenters. The molecule has 1 amide bonds. The standard InChI is InChI=1S/C19H19N3O4/c1-25-16-6-3-2-5-14(16)8-9-20-18(23)12-22-13-21-15(11-19(22)24)17-7-4-10-26-17/h2-7,10-11,13H,8-9,12H2,1H3,(H,20,23). The number of nitrogens with zero attached hydrogens (tertiary/aromatic N) is 2. The van der Waals surface area contributed by atoms with Gasteiger partial charge in [-0.2, -0.15) is 0 Å². The highest BCUT2D eigenvalue weighted by Crippen LogP contribution is 2.17. The average molecular weight is 353 g/mol. The van der Waals surface area contributed by atoms with Crippen LogP contribution in [0.1, 0.15) is 5.56 Å². The van der Waals surface area contributed by atoms with E-state index >= 15 is 0 Å². The van der Waals surface area contributed by atoms with E-state index in [1.807, 2.05) is 24.3 Å². The number of aromatic nitrogens is 2. The van der Waals surface area contributed by atoms with Gasteiger partial charge >= 0.3 is 0 Å². The lowest BCUT2D eigenvalue weighted by Crippen LogP contribution is -2.33. The second kappa shape index (κ2) is 8.15. The van der Waals surface area contributed by atoms with Crippen molar-refractivity contribution < 1.29 is 13.9 Å². The fourth-order valence-corrected chi connectivity index (χ4v) is 2.56. The summed E-state index contributed by atoms with van der Waals surface area (Å²) in [6.45, 7) is 0.363. The van der Waals surface area contributed by atoms with Crippen LogP contribution in [0.4, 0.5) is 0 Å². The molecule has 0 aliphatic heterocycles. The maximum absolute atomic E-state index is 12.1. The number of rotatable bonds is 7. The lowest BCUT2D eigenvalue weighted by Gasteiger charge is -2.10. The number of benzene rings is 1. The van der Waals surface area contributed by atoms with E-state index in [2.05, 4.69) is 10.3 Å². The van der Waals surface area contributed by atoms with Crippen LogP contribution in [0.2, 0.25) is 0 Å². The lowest BCUT2D eigenvalue weighted by molar-refractivity contribution is -0.121. The van der Waals surface area contributed by atoms with E-state index in [4.69, 9.17) is 9.15 Å². The fourth-order valence-electron chi connectivity index (χ4n) is 2.56. The number of methoxy groups -OCH3 is 1. The van der Waals surface area contributed by atoms with E-state index < -0.39 is 0 Å². The predicted molar refractivity (Wildman–Crippen MR) is 95.9 cm³/mol. The highest BCUT2D eigenvalue weighted by Gasteiger charge is 2.09. The highest BCUT2D eigenvalue weighted by atomic mass is 16.5. The third kappa shape index (κ3) is 4.18. The normalized spacial score (nSPS) is 10.5. The molecular formula is C19H19N3O4. The number of hydrogen-bond donors (Lipinski definition) is 1. The smallest absolute Gasteiger partial charge is 0.254 e. The molecule has 1 N–H and O–H groups in total. The first kappa shape index (κ1) is 17.5. The molecule has 0 saturated carbocycles. The minimum atomic E-state index is -0.314. The lowest BCUT2D eigenvalue weighted by atomic mass is 10.1. The van der Waals surface area contributed by atoms with Crippen molar-refractivity contribution in [3.63, 3.8) is 0 Å². The molecule has 0 saturated heterocycles. The molecule has 1 aromatic carbocycles. The van der Waals surface area contributed by atoms with Gasteiger partial charge in [0.15, 0.2) is 5.76 Å². The summed E-state index contributed by atoms with van der Waals surface area (Å²) in [6, 6.07) is 12.4. The molecule has 7 heteroatoms. The van der Waals surface area contributed by atoms with Crippen LogP contribution in [0.15, 0.2) is 64.3 Å². The topological polar surface area (TPSA) is 86.4 Å². The summed E-state index contributed by atoms with van der Waals surface area (Å²) in [6.07, 6.45) is 3.50. The van der Waals surface area contributed by atoms with Crippen LogP contribution in [0.5, 0.6) is 5.75 Å². The second-order valence-electron chi connectivity index (χ2n) is 5.63. The van der Waals surface area contributed by atoms with Crippen molar-refractivity contribution in [1.29, 1.82) is 0 Å². The zero-order chi connectivity index (χ0) is 18.4. The maximum Gasteiger partial charge on any atom is 0.254 e. The Hall–Kier alpha value is -3.35. The van der Waals surface area contributed by atoms with Crippen LogP contribution in [-0.2, 0) is 17.8 Å². The van der Waals surface area contributed by atoms with Gasteiger partial charge in [0.25, 0.3) is 5.56 Å². The Labute approximate surface area is 150 Å². The molecule has 0 aliphatic carbocycles. The quantitative estimate of drug-likeness (QED) is 0.701. The molecule has 3 aromatic rings. The van der Waals surface area contributed by atoms with Gasteiger partial charge < -0.3 is 14.5 Å². The van der Waals surface area contributed by atoms with Gasteiger partial charge in [-0.15, -0.1) is 0 Å². The van der Waals surface area contributed by atoms with Gasteiger partial charge in [0.05, 0.1) is 19.7 Å². The van der Waals surface area contributed by atoms with Gasteiger partial charge in [-0.1, -0.05) is 18.2 Å². The third-order valence-corrected chi connectivity index (χ3v) is 3.88. The summed E-state index contributed by atoms with van der Waals surface area (Å²) in [5.74, 6) is 1.04. The van der Waals surface area contributed by atoms with Gasteiger partial charge in [-0.3, -0.25) is 14.2 Å². The van der Waals surface area contributed by atoms with Gasteiger partial charge in [-0.05, 0) is 30.2 Å². The molecule has 2 aromatic heterocycles. The molecule has 2 heterocycles. The second-order valence-corrected chi connectivity index (χ2v) is 5.63. The van der Waals surface area contributed by atoms with E-state index in [9.17, 15) is 9.59 Å². The first-order valence-corrected chi connectivity index (χ1v) is 8.16. The van der Waals surface area contributed by atoms with E-state index in [0.29, 0.717) is 24.4 Å². The molecule has 26 heavy (non-hydrogen) atoms. The molecule has 0 radical (unpaired) electrons. The minimum Gasteiger partial charge on any atom is -0.496 e. The first-order valence-electron chi connectivity index (χ1n) is 8.16. The summed E-state index contributed by atoms with van der Waals surface area (Å²) >= 11 is 0. The number of amides is 1. The molecular weight excluding hydrogens is 334 g/mol. The van der Waals surface area contributed by atoms with Crippen LogP contribution in [-0.4, -0.2) is 29.1 Å². The zero-order valence-corrected chi connectivity index (χ0v) is 14.3. The first-order chi connectivity index (χ1) is 12.7. The van der Waals surface area contributed by atoms with Crippen molar-refractivity contribution in [2.45, 2.75) is 13.0 Å². The summed E-state index contributed by atoms with van der Waals surface area (Å²) in [5, 5.41) is 2.80. The summed E-state index contributed by atoms with van der Waals surface area (Å²) < 4.78 is 11.7. The summed E-state index contributed by atoms with van der Waals surface area (Å²) in [5.41, 5.74) is 1.14. The minimum absolute atomic E-state index is 0.0871. The van der Waals surface area contributed by atoms with Gasteiger partial charge in [-0.25, -0.2) is 4.98 Å². The van der Waals surface area contributed by atoms with Crippen LogP contribution < -0.4 is 15.6 Å². The Balaban J connectivity index is 1.56. The maximum atomic E-state index is 12.1. The highest BCUT2D eigenvalue weighted by molar-refractivity contribution is 5.75. The average Bonchev–Trinajstić information content (AvgIpc) is 3.18. The number of carbonyl (C=O) groups is 1. The SMILES string of the molecule is COc1ccccc1CCNC(=O)Cn1cnc(-c2ccco2)cc1=O. The van der Waals surface area contributed by atoms with Crippen molar-refractivity contribution in [3.05, 3.63) is 71.0 Å². The largest absolute Gasteiger partial charge is 0.496 e. The van der Waals surface area contributed by atoms with Crippen molar-refractivity contribution in [3.8, 4) is 17.2 Å². The molecule has 0 aliphatic rings. The molecule has 7 nitrogen and oxygen atoms in total. The third-order valence-electron chi connectivity index (χ3n) is 3.88. The van der Waals surface area contributed by atoms with E-state index in [0.717, 1.165) is 11.3 Å². The zero-order valence-electron chi connectivity index (χ0n) is 14.3. The Morgan fingerprint density at radius 3 is 2.85 bits per heavy atom. The Morgan fingerprint density at radius 2 is 2.12 bits per heavy atom. The van der Waals surface area contributed by atoms with Gasteiger partial charge in [0.1, 0.15) is 18.0 Å². The predicted octanol–water partition coefficient (Wildman–Crippen LogP) is 1.87. The fraction of sp³-hybridized carbons (Fsp3) is 0.211. The van der Waals surface area contributed by atoms with Crippen LogP contribution in [0, 0.1) is 0 Å². The van der Waals surface area contributed by atoms with E-state index in [1.165, 1.54) is 23.2 Å². The number of nitrogens with one attached hydrogen (secondary N) is 1. The molecule has 134 valence electrons. The van der Waals surface area contributed by atoms with Crippen molar-refractivity contribution in [2.75, 3.05) is 13.7 Å². The number of carbonyl (C=O) groups excluding carboxylic acids is 1. The summed E-state index contributed by atoms with van der Waals surface area (Å²) in [4.78, 5) is 28.4. The van der Waals surface area contributed by atoms with E-state index in [-0.39, 0.29) is 18.0 Å². The van der Waals surface area contributed by atoms with Crippen molar-refractivity contribution in [2.24, 2.45) is 0 Å². The van der Waals surface area contributed by atoms with Crippen LogP contribution >= 0.6 is 0 Å². The molecule has 0 unspecified atom stereocenters. The molecule has 3 rings (SSSR count). The van der Waals surface area contributed by atoms with E-state index in [1.54, 1.807) is 19.2 Å². The number of hydrogen-bond acceptors (Lipinski definition) is 5. The number of furan rings is 1. The Bertz CT molecular complexity index is 932.